The van der Waals surface area contributed by atoms with Crippen molar-refractivity contribution >= 4 is 18.3 Å². The van der Waals surface area contributed by atoms with E-state index in [0.29, 0.717) is 13.2 Å². The lowest BCUT2D eigenvalue weighted by Crippen LogP contribution is -2.43. The molecule has 2 N–H and O–H groups in total. The van der Waals surface area contributed by atoms with Crippen molar-refractivity contribution in [2.24, 2.45) is 0 Å². The maximum atomic E-state index is 5.74. The molecular formula is C11H17BN2O2. The molecule has 1 aliphatic rings. The number of hydrogen-bond donors (Lipinski definition) is 1. The van der Waals surface area contributed by atoms with E-state index in [2.05, 4.69) is 11.9 Å². The summed E-state index contributed by atoms with van der Waals surface area (Å²) in [7, 11) is 1.78. The molecular weight excluding hydrogens is 203 g/mol. The van der Waals surface area contributed by atoms with E-state index >= 15 is 0 Å². The number of likely N-dealkylation sites (N-methyl/N-ethyl adjacent to an activating group) is 1. The average molecular weight is 220 g/mol. The zero-order valence-electron chi connectivity index (χ0n) is 9.56. The molecule has 0 amide bonds. The van der Waals surface area contributed by atoms with Crippen molar-refractivity contribution in [3.8, 4) is 0 Å². The van der Waals surface area contributed by atoms with Crippen LogP contribution in [-0.4, -0.2) is 45.4 Å². The summed E-state index contributed by atoms with van der Waals surface area (Å²) in [4.78, 5) is 2.19. The summed E-state index contributed by atoms with van der Waals surface area (Å²) in [6, 6.07) is 7.66. The van der Waals surface area contributed by atoms with Crippen LogP contribution >= 0.6 is 0 Å². The van der Waals surface area contributed by atoms with Gasteiger partial charge in [-0.15, -0.1) is 0 Å². The maximum absolute atomic E-state index is 5.74. The molecule has 0 radical (unpaired) electrons. The van der Waals surface area contributed by atoms with E-state index in [1.54, 1.807) is 0 Å². The van der Waals surface area contributed by atoms with Gasteiger partial charge in [0.25, 0.3) is 0 Å². The molecule has 0 atom stereocenters. The second-order valence-electron chi connectivity index (χ2n) is 4.05. The van der Waals surface area contributed by atoms with Gasteiger partial charge in [0.1, 0.15) is 0 Å². The lowest BCUT2D eigenvalue weighted by molar-refractivity contribution is 0.132. The molecule has 1 heterocycles. The van der Waals surface area contributed by atoms with Crippen LogP contribution < -0.4 is 11.2 Å². The summed E-state index contributed by atoms with van der Waals surface area (Å²) in [6.07, 6.45) is 0. The quantitative estimate of drug-likeness (QED) is 0.532. The van der Waals surface area contributed by atoms with E-state index in [9.17, 15) is 0 Å². The van der Waals surface area contributed by atoms with E-state index in [4.69, 9.17) is 15.0 Å². The molecule has 0 aliphatic carbocycles. The lowest BCUT2D eigenvalue weighted by atomic mass is 9.78. The Kier molecular flexibility index (Phi) is 3.82. The molecule has 86 valence electrons. The van der Waals surface area contributed by atoms with Crippen LogP contribution in [0.4, 0.5) is 5.69 Å². The van der Waals surface area contributed by atoms with Gasteiger partial charge in [-0.1, -0.05) is 12.1 Å². The molecule has 1 saturated heterocycles. The van der Waals surface area contributed by atoms with Crippen LogP contribution in [-0.2, 0) is 9.31 Å². The van der Waals surface area contributed by atoms with Crippen molar-refractivity contribution in [3.05, 3.63) is 24.3 Å². The molecule has 16 heavy (non-hydrogen) atoms. The van der Waals surface area contributed by atoms with E-state index < -0.39 is 0 Å². The predicted octanol–water partition coefficient (Wildman–Crippen LogP) is -0.0574. The van der Waals surface area contributed by atoms with Crippen LogP contribution in [0.5, 0.6) is 0 Å². The molecule has 0 unspecified atom stereocenters. The molecule has 2 rings (SSSR count). The van der Waals surface area contributed by atoms with Gasteiger partial charge in [0.05, 0.1) is 0 Å². The van der Waals surface area contributed by atoms with Crippen LogP contribution in [0.25, 0.3) is 0 Å². The van der Waals surface area contributed by atoms with Crippen molar-refractivity contribution in [2.75, 3.05) is 39.1 Å². The third kappa shape index (κ3) is 2.98. The topological polar surface area (TPSA) is 47.7 Å². The summed E-state index contributed by atoms with van der Waals surface area (Å²) in [5.41, 5.74) is 7.47. The Morgan fingerprint density at radius 1 is 1.25 bits per heavy atom. The van der Waals surface area contributed by atoms with Gasteiger partial charge in [-0.2, -0.15) is 0 Å². The van der Waals surface area contributed by atoms with Crippen LogP contribution in [0, 0.1) is 0 Å². The zero-order chi connectivity index (χ0) is 11.4. The van der Waals surface area contributed by atoms with Gasteiger partial charge in [-0.3, -0.25) is 0 Å². The van der Waals surface area contributed by atoms with Crippen LogP contribution in [0.3, 0.4) is 0 Å². The molecule has 5 heteroatoms. The fourth-order valence-corrected chi connectivity index (χ4v) is 1.69. The van der Waals surface area contributed by atoms with Crippen molar-refractivity contribution in [1.29, 1.82) is 0 Å². The van der Waals surface area contributed by atoms with Crippen LogP contribution in [0.15, 0.2) is 24.3 Å². The van der Waals surface area contributed by atoms with E-state index in [0.717, 1.165) is 24.2 Å². The Morgan fingerprint density at radius 3 is 2.56 bits per heavy atom. The first-order chi connectivity index (χ1) is 7.75. The molecule has 1 aromatic rings. The minimum Gasteiger partial charge on any atom is -0.406 e. The number of rotatable bonds is 1. The highest BCUT2D eigenvalue weighted by Gasteiger charge is 2.23. The number of nitrogens with two attached hydrogens (primary N) is 1. The van der Waals surface area contributed by atoms with Crippen molar-refractivity contribution < 1.29 is 9.31 Å². The van der Waals surface area contributed by atoms with Crippen molar-refractivity contribution in [2.45, 2.75) is 0 Å². The highest BCUT2D eigenvalue weighted by atomic mass is 16.6. The Labute approximate surface area is 96.5 Å². The summed E-state index contributed by atoms with van der Waals surface area (Å²) in [5, 5.41) is 0. The molecule has 1 fully saturated rings. The highest BCUT2D eigenvalue weighted by molar-refractivity contribution is 6.61. The summed E-state index contributed by atoms with van der Waals surface area (Å²) in [5.74, 6) is 0. The lowest BCUT2D eigenvalue weighted by Gasteiger charge is -2.24. The average Bonchev–Trinajstić information content (AvgIpc) is 2.23. The molecule has 0 bridgehead atoms. The van der Waals surface area contributed by atoms with Crippen LogP contribution in [0.1, 0.15) is 0 Å². The number of nitrogens with zero attached hydrogens (tertiary/aromatic N) is 1. The van der Waals surface area contributed by atoms with Gasteiger partial charge in [0, 0.05) is 32.0 Å². The predicted molar refractivity (Wildman–Crippen MR) is 65.6 cm³/mol. The Bertz CT molecular complexity index is 339. The largest absolute Gasteiger partial charge is 0.494 e. The van der Waals surface area contributed by atoms with Gasteiger partial charge in [-0.25, -0.2) is 0 Å². The van der Waals surface area contributed by atoms with Gasteiger partial charge in [-0.05, 0) is 24.6 Å². The molecule has 1 aliphatic heterocycles. The van der Waals surface area contributed by atoms with Gasteiger partial charge in [0.2, 0.25) is 0 Å². The second kappa shape index (κ2) is 5.34. The van der Waals surface area contributed by atoms with E-state index in [1.807, 2.05) is 24.3 Å². The summed E-state index contributed by atoms with van der Waals surface area (Å²) in [6.45, 7) is 3.22. The Hall–Kier alpha value is -1.04. The maximum Gasteiger partial charge on any atom is 0.494 e. The minimum atomic E-state index is -0.280. The normalized spacial score (nSPS) is 19.2. The van der Waals surface area contributed by atoms with Gasteiger partial charge >= 0.3 is 7.12 Å². The molecule has 0 aromatic heterocycles. The third-order valence-electron chi connectivity index (χ3n) is 2.67. The molecule has 0 saturated carbocycles. The van der Waals surface area contributed by atoms with E-state index in [1.165, 1.54) is 0 Å². The standard InChI is InChI=1S/C11H17BN2O2/c1-14-5-7-15-12(16-8-6-14)10-3-2-4-11(13)9-10/h2-4,9H,5-8,13H2,1H3. The third-order valence-corrected chi connectivity index (χ3v) is 2.67. The minimum absolute atomic E-state index is 0.280. The molecule has 0 spiro atoms. The number of benzene rings is 1. The monoisotopic (exact) mass is 220 g/mol. The number of hydrogen-bond acceptors (Lipinski definition) is 4. The van der Waals surface area contributed by atoms with Crippen LogP contribution in [0.2, 0.25) is 0 Å². The van der Waals surface area contributed by atoms with E-state index in [-0.39, 0.29) is 7.12 Å². The van der Waals surface area contributed by atoms with Gasteiger partial charge < -0.3 is 19.9 Å². The fourth-order valence-electron chi connectivity index (χ4n) is 1.69. The van der Waals surface area contributed by atoms with Crippen molar-refractivity contribution in [1.82, 2.24) is 4.90 Å². The number of nitrogen functional groups attached to an aromatic ring is 1. The Morgan fingerprint density at radius 2 is 1.94 bits per heavy atom. The SMILES string of the molecule is CN1CCOB(c2cccc(N)c2)OCC1. The Balaban J connectivity index is 2.03. The van der Waals surface area contributed by atoms with Gasteiger partial charge in [0.15, 0.2) is 0 Å². The van der Waals surface area contributed by atoms with Crippen molar-refractivity contribution in [3.63, 3.8) is 0 Å². The first-order valence-electron chi connectivity index (χ1n) is 5.53. The molecule has 4 nitrogen and oxygen atoms in total. The first-order valence-corrected chi connectivity index (χ1v) is 5.53. The second-order valence-corrected chi connectivity index (χ2v) is 4.05. The molecule has 1 aromatic carbocycles. The first kappa shape index (κ1) is 11.5. The summed E-state index contributed by atoms with van der Waals surface area (Å²) < 4.78 is 11.3. The fraction of sp³-hybridized carbons (Fsp3) is 0.455. The summed E-state index contributed by atoms with van der Waals surface area (Å²) >= 11 is 0. The smallest absolute Gasteiger partial charge is 0.406 e. The highest BCUT2D eigenvalue weighted by Crippen LogP contribution is 2.02. The number of anilines is 1. The zero-order valence-corrected chi connectivity index (χ0v) is 9.56.